The maximum Gasteiger partial charge on any atom is 0.326 e. The number of aliphatic carboxylic acids is 2. The summed E-state index contributed by atoms with van der Waals surface area (Å²) in [7, 11) is 0. The van der Waals surface area contributed by atoms with Gasteiger partial charge in [-0.1, -0.05) is 86.3 Å². The lowest BCUT2D eigenvalue weighted by molar-refractivity contribution is -0.142. The first-order valence-corrected chi connectivity index (χ1v) is 12.5. The Bertz CT molecular complexity index is 885. The molecule has 8 heteroatoms. The molecule has 0 spiro atoms. The fourth-order valence-corrected chi connectivity index (χ4v) is 3.91. The van der Waals surface area contributed by atoms with Crippen molar-refractivity contribution in [3.8, 4) is 0 Å². The molecule has 0 saturated carbocycles. The molecular weight excluding hydrogens is 460 g/mol. The summed E-state index contributed by atoms with van der Waals surface area (Å²) in [6, 6.07) is 16.5. The minimum Gasteiger partial charge on any atom is -0.480 e. The molecule has 2 aromatic carbocycles. The van der Waals surface area contributed by atoms with Crippen molar-refractivity contribution in [3.05, 3.63) is 71.8 Å². The molecule has 0 aliphatic rings. The summed E-state index contributed by atoms with van der Waals surface area (Å²) in [6.07, 6.45) is 5.89. The number of amides is 2. The Kier molecular flexibility index (Phi) is 12.8. The third kappa shape index (κ3) is 11.6. The van der Waals surface area contributed by atoms with Crippen molar-refractivity contribution >= 4 is 23.8 Å². The zero-order chi connectivity index (χ0) is 26.2. The lowest BCUT2D eigenvalue weighted by atomic mass is 10.0. The van der Waals surface area contributed by atoms with E-state index >= 15 is 0 Å². The zero-order valence-electron chi connectivity index (χ0n) is 20.5. The summed E-state index contributed by atoms with van der Waals surface area (Å²) in [5.41, 5.74) is 1.71. The molecule has 4 N–H and O–H groups in total. The first-order valence-electron chi connectivity index (χ1n) is 12.5. The Morgan fingerprint density at radius 3 is 1.22 bits per heavy atom. The molecule has 2 aromatic rings. The van der Waals surface area contributed by atoms with Crippen LogP contribution in [-0.4, -0.2) is 46.0 Å². The van der Waals surface area contributed by atoms with Gasteiger partial charge < -0.3 is 20.8 Å². The van der Waals surface area contributed by atoms with Crippen LogP contribution in [0.1, 0.15) is 62.5 Å². The topological polar surface area (TPSA) is 133 Å². The summed E-state index contributed by atoms with van der Waals surface area (Å²) >= 11 is 0. The number of carbonyl (C=O) groups is 4. The van der Waals surface area contributed by atoms with Crippen LogP contribution in [0.15, 0.2) is 60.7 Å². The van der Waals surface area contributed by atoms with Crippen molar-refractivity contribution in [2.45, 2.75) is 76.3 Å². The summed E-state index contributed by atoms with van der Waals surface area (Å²) < 4.78 is 0. The molecular formula is C28H36N2O6. The van der Waals surface area contributed by atoms with E-state index in [2.05, 4.69) is 10.6 Å². The highest BCUT2D eigenvalue weighted by Gasteiger charge is 2.21. The van der Waals surface area contributed by atoms with Crippen molar-refractivity contribution in [1.82, 2.24) is 10.6 Å². The second-order valence-electron chi connectivity index (χ2n) is 8.92. The molecule has 0 saturated heterocycles. The number of hydrogen-bond acceptors (Lipinski definition) is 4. The van der Waals surface area contributed by atoms with Gasteiger partial charge >= 0.3 is 11.9 Å². The van der Waals surface area contributed by atoms with Gasteiger partial charge in [-0.15, -0.1) is 0 Å². The second kappa shape index (κ2) is 16.1. The van der Waals surface area contributed by atoms with Gasteiger partial charge in [0.1, 0.15) is 12.1 Å². The minimum absolute atomic E-state index is 0.245. The molecule has 0 heterocycles. The van der Waals surface area contributed by atoms with Crippen molar-refractivity contribution in [2.24, 2.45) is 0 Å². The Labute approximate surface area is 212 Å². The monoisotopic (exact) mass is 496 g/mol. The molecule has 36 heavy (non-hydrogen) atoms. The van der Waals surface area contributed by atoms with E-state index in [9.17, 15) is 29.4 Å². The van der Waals surface area contributed by atoms with Gasteiger partial charge in [0.15, 0.2) is 0 Å². The van der Waals surface area contributed by atoms with Crippen molar-refractivity contribution in [3.63, 3.8) is 0 Å². The highest BCUT2D eigenvalue weighted by atomic mass is 16.4. The van der Waals surface area contributed by atoms with Gasteiger partial charge in [-0.3, -0.25) is 9.59 Å². The van der Waals surface area contributed by atoms with Crippen LogP contribution in [0.5, 0.6) is 0 Å². The smallest absolute Gasteiger partial charge is 0.326 e. The molecule has 2 unspecified atom stereocenters. The standard InChI is InChI=1S/C28H36N2O6/c31-25(29-23(27(33)34)19-21-13-7-5-8-14-21)17-11-3-1-2-4-12-18-26(32)30-24(28(35)36)20-22-15-9-6-10-16-22/h5-10,13-16,23-24H,1-4,11-12,17-20H2,(H,29,31)(H,30,32)(H,33,34)(H,35,36). The maximum atomic E-state index is 12.1. The third-order valence-electron chi connectivity index (χ3n) is 5.89. The van der Waals surface area contributed by atoms with Gasteiger partial charge in [-0.25, -0.2) is 9.59 Å². The van der Waals surface area contributed by atoms with Gasteiger partial charge in [0.25, 0.3) is 0 Å². The van der Waals surface area contributed by atoms with Crippen LogP contribution in [0, 0.1) is 0 Å². The number of unbranched alkanes of at least 4 members (excludes halogenated alkanes) is 5. The number of carbonyl (C=O) groups excluding carboxylic acids is 2. The molecule has 0 aromatic heterocycles. The van der Waals surface area contributed by atoms with E-state index < -0.39 is 24.0 Å². The van der Waals surface area contributed by atoms with E-state index in [1.54, 1.807) is 0 Å². The van der Waals surface area contributed by atoms with Crippen LogP contribution in [0.4, 0.5) is 0 Å². The quantitative estimate of drug-likeness (QED) is 0.247. The van der Waals surface area contributed by atoms with Crippen molar-refractivity contribution in [2.75, 3.05) is 0 Å². The second-order valence-corrected chi connectivity index (χ2v) is 8.92. The molecule has 0 aliphatic heterocycles. The van der Waals surface area contributed by atoms with E-state index in [0.29, 0.717) is 12.8 Å². The van der Waals surface area contributed by atoms with E-state index in [0.717, 1.165) is 36.8 Å². The van der Waals surface area contributed by atoms with E-state index in [4.69, 9.17) is 0 Å². The number of rotatable bonds is 17. The average Bonchev–Trinajstić information content (AvgIpc) is 2.86. The molecule has 8 nitrogen and oxygen atoms in total. The molecule has 2 rings (SSSR count). The highest BCUT2D eigenvalue weighted by molar-refractivity contribution is 5.84. The first kappa shape index (κ1) is 28.6. The van der Waals surface area contributed by atoms with Crippen molar-refractivity contribution in [1.29, 1.82) is 0 Å². The summed E-state index contributed by atoms with van der Waals surface area (Å²) in [4.78, 5) is 47.2. The minimum atomic E-state index is -1.05. The van der Waals surface area contributed by atoms with Gasteiger partial charge in [0.05, 0.1) is 0 Å². The predicted octanol–water partition coefficient (Wildman–Crippen LogP) is 3.73. The van der Waals surface area contributed by atoms with Gasteiger partial charge in [0, 0.05) is 25.7 Å². The molecule has 194 valence electrons. The molecule has 0 aliphatic carbocycles. The fourth-order valence-electron chi connectivity index (χ4n) is 3.91. The summed E-state index contributed by atoms with van der Waals surface area (Å²) in [6.45, 7) is 0. The Balaban J connectivity index is 1.55. The predicted molar refractivity (Wildman–Crippen MR) is 136 cm³/mol. The van der Waals surface area contributed by atoms with Crippen molar-refractivity contribution < 1.29 is 29.4 Å². The van der Waals surface area contributed by atoms with Crippen LogP contribution in [0.25, 0.3) is 0 Å². The average molecular weight is 497 g/mol. The van der Waals surface area contributed by atoms with E-state index in [-0.39, 0.29) is 37.5 Å². The molecule has 2 atom stereocenters. The Morgan fingerprint density at radius 2 is 0.889 bits per heavy atom. The van der Waals surface area contributed by atoms with Crippen LogP contribution in [0.2, 0.25) is 0 Å². The normalized spacial score (nSPS) is 12.3. The van der Waals surface area contributed by atoms with E-state index in [1.165, 1.54) is 0 Å². The molecule has 0 radical (unpaired) electrons. The van der Waals surface area contributed by atoms with Gasteiger partial charge in [-0.05, 0) is 24.0 Å². The maximum absolute atomic E-state index is 12.1. The number of benzene rings is 2. The lowest BCUT2D eigenvalue weighted by Gasteiger charge is -2.15. The largest absolute Gasteiger partial charge is 0.480 e. The highest BCUT2D eigenvalue weighted by Crippen LogP contribution is 2.10. The van der Waals surface area contributed by atoms with Gasteiger partial charge in [0.2, 0.25) is 11.8 Å². The van der Waals surface area contributed by atoms with E-state index in [1.807, 2.05) is 60.7 Å². The Hall–Kier alpha value is -3.68. The number of carboxylic acids is 2. The Morgan fingerprint density at radius 1 is 0.556 bits per heavy atom. The van der Waals surface area contributed by atoms with Crippen LogP contribution in [-0.2, 0) is 32.0 Å². The van der Waals surface area contributed by atoms with Crippen LogP contribution < -0.4 is 10.6 Å². The number of carboxylic acid groups (broad SMARTS) is 2. The van der Waals surface area contributed by atoms with Crippen LogP contribution >= 0.6 is 0 Å². The number of hydrogen-bond donors (Lipinski definition) is 4. The summed E-state index contributed by atoms with van der Waals surface area (Å²) in [5, 5.41) is 24.0. The lowest BCUT2D eigenvalue weighted by Crippen LogP contribution is -2.42. The SMILES string of the molecule is O=C(CCCCCCCCC(=O)NC(Cc1ccccc1)C(=O)O)NC(Cc1ccccc1)C(=O)O. The zero-order valence-corrected chi connectivity index (χ0v) is 20.5. The number of nitrogens with one attached hydrogen (secondary N) is 2. The third-order valence-corrected chi connectivity index (χ3v) is 5.89. The van der Waals surface area contributed by atoms with Gasteiger partial charge in [-0.2, -0.15) is 0 Å². The summed E-state index contributed by atoms with van der Waals surface area (Å²) in [5.74, 6) is -2.63. The molecule has 0 bridgehead atoms. The molecule has 0 fully saturated rings. The first-order chi connectivity index (χ1) is 17.3. The van der Waals surface area contributed by atoms with Crippen LogP contribution in [0.3, 0.4) is 0 Å². The fraction of sp³-hybridized carbons (Fsp3) is 0.429. The molecule has 2 amide bonds.